The number of morpholine rings is 1. The van der Waals surface area contributed by atoms with Gasteiger partial charge in [0.2, 0.25) is 0 Å². The van der Waals surface area contributed by atoms with Gasteiger partial charge in [-0.25, -0.2) is 4.79 Å². The van der Waals surface area contributed by atoms with Crippen molar-refractivity contribution in [2.45, 2.75) is 24.5 Å². The Bertz CT molecular complexity index is 540. The summed E-state index contributed by atoms with van der Waals surface area (Å²) in [4.78, 5) is 25.1. The van der Waals surface area contributed by atoms with Crippen LogP contribution in [0.1, 0.15) is 12.8 Å². The van der Waals surface area contributed by atoms with E-state index in [0.717, 1.165) is 0 Å². The van der Waals surface area contributed by atoms with Gasteiger partial charge in [0.25, 0.3) is 5.91 Å². The monoisotopic (exact) mass is 291 g/mol. The zero-order valence-electron chi connectivity index (χ0n) is 11.5. The Hall–Kier alpha value is -2.08. The topological polar surface area (TPSA) is 76.1 Å². The summed E-state index contributed by atoms with van der Waals surface area (Å²) < 4.78 is 11.0. The van der Waals surface area contributed by atoms with Crippen molar-refractivity contribution in [3.63, 3.8) is 0 Å². The zero-order valence-corrected chi connectivity index (χ0v) is 11.5. The maximum atomic E-state index is 12.6. The second-order valence-electron chi connectivity index (χ2n) is 5.36. The van der Waals surface area contributed by atoms with Gasteiger partial charge < -0.3 is 19.5 Å². The number of carbonyl (C=O) groups excluding carboxylic acids is 1. The Morgan fingerprint density at radius 1 is 1.29 bits per heavy atom. The quantitative estimate of drug-likeness (QED) is 0.892. The number of hydrogen-bond donors (Lipinski definition) is 1. The van der Waals surface area contributed by atoms with E-state index in [0.29, 0.717) is 25.1 Å². The first-order valence-electron chi connectivity index (χ1n) is 6.99. The minimum atomic E-state index is -1.04. The second kappa shape index (κ2) is 5.37. The Kier molecular flexibility index (Phi) is 3.55. The molecule has 21 heavy (non-hydrogen) atoms. The Morgan fingerprint density at radius 3 is 2.62 bits per heavy atom. The number of amides is 1. The number of rotatable bonds is 4. The van der Waals surface area contributed by atoms with Crippen LogP contribution in [0.5, 0.6) is 5.75 Å². The molecule has 1 aliphatic carbocycles. The first kappa shape index (κ1) is 13.9. The van der Waals surface area contributed by atoms with Gasteiger partial charge in [-0.1, -0.05) is 18.2 Å². The highest BCUT2D eigenvalue weighted by Crippen LogP contribution is 2.42. The molecule has 1 aliphatic heterocycles. The molecule has 112 valence electrons. The molecule has 1 saturated carbocycles. The van der Waals surface area contributed by atoms with Crippen LogP contribution in [0.2, 0.25) is 0 Å². The van der Waals surface area contributed by atoms with Crippen molar-refractivity contribution >= 4 is 11.9 Å². The van der Waals surface area contributed by atoms with Crippen LogP contribution in [-0.2, 0) is 14.3 Å². The highest BCUT2D eigenvalue weighted by Gasteiger charge is 2.55. The molecule has 0 aromatic heterocycles. The smallest absolute Gasteiger partial charge is 0.334 e. The Balaban J connectivity index is 1.68. The van der Waals surface area contributed by atoms with E-state index in [1.54, 1.807) is 0 Å². The molecule has 1 unspecified atom stereocenters. The lowest BCUT2D eigenvalue weighted by molar-refractivity contribution is -0.162. The van der Waals surface area contributed by atoms with E-state index in [9.17, 15) is 9.59 Å². The molecular formula is C15H17NO5. The maximum absolute atomic E-state index is 12.6. The van der Waals surface area contributed by atoms with Gasteiger partial charge >= 0.3 is 5.97 Å². The van der Waals surface area contributed by atoms with Gasteiger partial charge in [0, 0.05) is 19.4 Å². The number of hydrogen-bond acceptors (Lipinski definition) is 4. The number of benzene rings is 1. The minimum Gasteiger partial charge on any atom is -0.479 e. The van der Waals surface area contributed by atoms with E-state index in [-0.39, 0.29) is 19.1 Å². The molecule has 0 radical (unpaired) electrons. The fourth-order valence-corrected chi connectivity index (χ4v) is 2.46. The summed E-state index contributed by atoms with van der Waals surface area (Å²) in [7, 11) is 0. The number of carboxylic acid groups (broad SMARTS) is 1. The first-order chi connectivity index (χ1) is 10.1. The Morgan fingerprint density at radius 2 is 2.00 bits per heavy atom. The summed E-state index contributed by atoms with van der Waals surface area (Å²) in [5, 5.41) is 9.00. The first-order valence-corrected chi connectivity index (χ1v) is 6.99. The summed E-state index contributed by atoms with van der Waals surface area (Å²) in [5.41, 5.74) is -0.818. The maximum Gasteiger partial charge on any atom is 0.334 e. The van der Waals surface area contributed by atoms with Crippen molar-refractivity contribution in [2.75, 3.05) is 19.7 Å². The van der Waals surface area contributed by atoms with Crippen molar-refractivity contribution in [3.05, 3.63) is 30.3 Å². The van der Waals surface area contributed by atoms with E-state index in [1.807, 2.05) is 30.3 Å². The molecule has 1 amide bonds. The van der Waals surface area contributed by atoms with E-state index in [2.05, 4.69) is 0 Å². The van der Waals surface area contributed by atoms with Crippen LogP contribution in [0, 0.1) is 0 Å². The third-order valence-electron chi connectivity index (χ3n) is 3.78. The molecule has 2 aliphatic rings. The molecule has 2 fully saturated rings. The normalized spacial score (nSPS) is 23.4. The zero-order chi connectivity index (χ0) is 14.9. The molecule has 1 aromatic carbocycles. The van der Waals surface area contributed by atoms with Crippen molar-refractivity contribution in [1.29, 1.82) is 0 Å². The van der Waals surface area contributed by atoms with Crippen molar-refractivity contribution in [3.8, 4) is 5.75 Å². The van der Waals surface area contributed by atoms with Crippen LogP contribution in [0.25, 0.3) is 0 Å². The predicted molar refractivity (Wildman–Crippen MR) is 73.0 cm³/mol. The number of carboxylic acids is 1. The SMILES string of the molecule is O=C(O)C1CN(C(=O)C2(Oc3ccccc3)CC2)CCO1. The Labute approximate surface area is 122 Å². The summed E-state index contributed by atoms with van der Waals surface area (Å²) in [6.45, 7) is 0.723. The average molecular weight is 291 g/mol. The van der Waals surface area contributed by atoms with Gasteiger partial charge in [-0.2, -0.15) is 0 Å². The molecule has 1 N–H and O–H groups in total. The van der Waals surface area contributed by atoms with Crippen molar-refractivity contribution in [2.24, 2.45) is 0 Å². The van der Waals surface area contributed by atoms with Crippen LogP contribution >= 0.6 is 0 Å². The summed E-state index contributed by atoms with van der Waals surface area (Å²) >= 11 is 0. The third-order valence-corrected chi connectivity index (χ3v) is 3.78. The largest absolute Gasteiger partial charge is 0.479 e. The highest BCUT2D eigenvalue weighted by atomic mass is 16.5. The van der Waals surface area contributed by atoms with E-state index < -0.39 is 17.7 Å². The van der Waals surface area contributed by atoms with Crippen LogP contribution in [0.4, 0.5) is 0 Å². The summed E-state index contributed by atoms with van der Waals surface area (Å²) in [5.74, 6) is -0.520. The molecule has 0 spiro atoms. The molecule has 0 bridgehead atoms. The van der Waals surface area contributed by atoms with Gasteiger partial charge in [0.15, 0.2) is 11.7 Å². The number of ether oxygens (including phenoxy) is 2. The number of carbonyl (C=O) groups is 2. The lowest BCUT2D eigenvalue weighted by Crippen LogP contribution is -2.53. The molecule has 6 heteroatoms. The number of nitrogens with zero attached hydrogens (tertiary/aromatic N) is 1. The van der Waals surface area contributed by atoms with Crippen molar-refractivity contribution < 1.29 is 24.2 Å². The fourth-order valence-electron chi connectivity index (χ4n) is 2.46. The molecule has 1 saturated heterocycles. The standard InChI is InChI=1S/C15H17NO5/c17-13(18)12-10-16(8-9-20-12)14(19)15(6-7-15)21-11-4-2-1-3-5-11/h1-5,12H,6-10H2,(H,17,18). The van der Waals surface area contributed by atoms with Crippen molar-refractivity contribution in [1.82, 2.24) is 4.90 Å². The lowest BCUT2D eigenvalue weighted by Gasteiger charge is -2.33. The number of para-hydroxylation sites is 1. The predicted octanol–water partition coefficient (Wildman–Crippen LogP) is 0.910. The van der Waals surface area contributed by atoms with Gasteiger partial charge in [-0.3, -0.25) is 4.79 Å². The molecule has 3 rings (SSSR count). The van der Waals surface area contributed by atoms with Gasteiger partial charge in [-0.05, 0) is 12.1 Å². The molecule has 6 nitrogen and oxygen atoms in total. The molecule has 1 aromatic rings. The van der Waals surface area contributed by atoms with Gasteiger partial charge in [0.05, 0.1) is 13.2 Å². The summed E-state index contributed by atoms with van der Waals surface area (Å²) in [6, 6.07) is 9.21. The lowest BCUT2D eigenvalue weighted by atomic mass is 10.2. The van der Waals surface area contributed by atoms with Gasteiger partial charge in [-0.15, -0.1) is 0 Å². The van der Waals surface area contributed by atoms with Crippen LogP contribution in [0.15, 0.2) is 30.3 Å². The molecule has 1 heterocycles. The van der Waals surface area contributed by atoms with Crippen LogP contribution in [-0.4, -0.2) is 53.3 Å². The summed E-state index contributed by atoms with van der Waals surface area (Å²) in [6.07, 6.45) is 0.376. The number of aliphatic carboxylic acids is 1. The third kappa shape index (κ3) is 2.85. The van der Waals surface area contributed by atoms with Crippen LogP contribution < -0.4 is 4.74 Å². The molecule has 1 atom stereocenters. The van der Waals surface area contributed by atoms with Crippen LogP contribution in [0.3, 0.4) is 0 Å². The van der Waals surface area contributed by atoms with E-state index in [1.165, 1.54) is 4.90 Å². The highest BCUT2D eigenvalue weighted by molar-refractivity contribution is 5.89. The molecular weight excluding hydrogens is 274 g/mol. The fraction of sp³-hybridized carbons (Fsp3) is 0.467. The van der Waals surface area contributed by atoms with E-state index >= 15 is 0 Å². The average Bonchev–Trinajstić information content (AvgIpc) is 3.28. The van der Waals surface area contributed by atoms with E-state index in [4.69, 9.17) is 14.6 Å². The minimum absolute atomic E-state index is 0.0774. The van der Waals surface area contributed by atoms with Gasteiger partial charge in [0.1, 0.15) is 5.75 Å². The second-order valence-corrected chi connectivity index (χ2v) is 5.36.